The molecule has 0 unspecified atom stereocenters. The van der Waals surface area contributed by atoms with Crippen LogP contribution >= 0.6 is 0 Å². The normalized spacial score (nSPS) is 14.8. The van der Waals surface area contributed by atoms with E-state index < -0.39 is 35.8 Å². The summed E-state index contributed by atoms with van der Waals surface area (Å²) in [6, 6.07) is 12.7. The number of carbonyl (C=O) groups excluding carboxylic acids is 4. The number of ether oxygens (including phenoxy) is 1. The average Bonchev–Trinajstić information content (AvgIpc) is 2.77. The van der Waals surface area contributed by atoms with Crippen molar-refractivity contribution in [1.29, 1.82) is 5.26 Å². The number of imide groups is 1. The molecule has 0 saturated heterocycles. The van der Waals surface area contributed by atoms with Crippen LogP contribution in [0.1, 0.15) is 54.3 Å². The van der Waals surface area contributed by atoms with Gasteiger partial charge >= 0.3 is 5.97 Å². The Bertz CT molecular complexity index is 1080. The second-order valence-corrected chi connectivity index (χ2v) is 8.25. The van der Waals surface area contributed by atoms with Crippen LogP contribution in [0.2, 0.25) is 0 Å². The summed E-state index contributed by atoms with van der Waals surface area (Å²) in [6.07, 6.45) is 0.147. The van der Waals surface area contributed by atoms with E-state index in [0.717, 1.165) is 10.3 Å². The van der Waals surface area contributed by atoms with Gasteiger partial charge in [0.05, 0.1) is 6.07 Å². The van der Waals surface area contributed by atoms with E-state index >= 15 is 0 Å². The molecule has 166 valence electrons. The molecule has 0 bridgehead atoms. The quantitative estimate of drug-likeness (QED) is 0.503. The number of hydrogen-bond acceptors (Lipinski definition) is 6. The summed E-state index contributed by atoms with van der Waals surface area (Å²) >= 11 is 0. The SMILES string of the molecule is CC(C)[C@@](C)(C#N)NC(=O)COC(=O)CCCN1C(=O)c2cccc3cccc(c23)C1=O. The summed E-state index contributed by atoms with van der Waals surface area (Å²) in [4.78, 5) is 50.8. The molecule has 8 heteroatoms. The number of benzene rings is 2. The van der Waals surface area contributed by atoms with E-state index in [1.54, 1.807) is 45.0 Å². The van der Waals surface area contributed by atoms with Crippen molar-refractivity contribution < 1.29 is 23.9 Å². The summed E-state index contributed by atoms with van der Waals surface area (Å²) in [5.41, 5.74) is -0.136. The third-order valence-corrected chi connectivity index (χ3v) is 5.77. The molecule has 3 rings (SSSR count). The first kappa shape index (κ1) is 22.9. The smallest absolute Gasteiger partial charge is 0.306 e. The molecule has 2 aromatic rings. The first-order valence-corrected chi connectivity index (χ1v) is 10.4. The Morgan fingerprint density at radius 2 is 1.72 bits per heavy atom. The number of hydrogen-bond donors (Lipinski definition) is 1. The van der Waals surface area contributed by atoms with Gasteiger partial charge in [-0.25, -0.2) is 0 Å². The fraction of sp³-hybridized carbons (Fsp3) is 0.375. The molecule has 1 heterocycles. The number of esters is 1. The maximum Gasteiger partial charge on any atom is 0.306 e. The van der Waals surface area contributed by atoms with Crippen LogP contribution in [-0.2, 0) is 14.3 Å². The molecule has 1 N–H and O–H groups in total. The van der Waals surface area contributed by atoms with Gasteiger partial charge in [0.2, 0.25) is 0 Å². The summed E-state index contributed by atoms with van der Waals surface area (Å²) in [7, 11) is 0. The lowest BCUT2D eigenvalue weighted by molar-refractivity contribution is -0.149. The minimum atomic E-state index is -1.06. The molecule has 1 atom stereocenters. The van der Waals surface area contributed by atoms with Crippen molar-refractivity contribution >= 4 is 34.5 Å². The third kappa shape index (κ3) is 4.47. The highest BCUT2D eigenvalue weighted by Crippen LogP contribution is 2.30. The Morgan fingerprint density at radius 1 is 1.12 bits per heavy atom. The average molecular weight is 435 g/mol. The molecule has 3 amide bonds. The molecule has 0 aromatic heterocycles. The molecule has 2 aromatic carbocycles. The van der Waals surface area contributed by atoms with E-state index in [0.29, 0.717) is 16.5 Å². The molecule has 32 heavy (non-hydrogen) atoms. The highest BCUT2D eigenvalue weighted by molar-refractivity contribution is 6.25. The first-order chi connectivity index (χ1) is 15.2. The van der Waals surface area contributed by atoms with Crippen LogP contribution in [-0.4, -0.2) is 47.3 Å². The molecular formula is C24H25N3O5. The zero-order chi connectivity index (χ0) is 23.5. The highest BCUT2D eigenvalue weighted by Gasteiger charge is 2.32. The summed E-state index contributed by atoms with van der Waals surface area (Å²) in [6.45, 7) is 4.76. The summed E-state index contributed by atoms with van der Waals surface area (Å²) in [5.74, 6) is -2.10. The lowest BCUT2D eigenvalue weighted by Gasteiger charge is -2.27. The van der Waals surface area contributed by atoms with Gasteiger partial charge in [0.25, 0.3) is 17.7 Å². The number of rotatable bonds is 8. The summed E-state index contributed by atoms with van der Waals surface area (Å²) < 4.78 is 4.97. The van der Waals surface area contributed by atoms with E-state index in [-0.39, 0.29) is 25.3 Å². The Labute approximate surface area is 186 Å². The van der Waals surface area contributed by atoms with Crippen LogP contribution in [0.3, 0.4) is 0 Å². The standard InChI is InChI=1S/C24H25N3O5/c1-15(2)24(3,14-25)26-19(28)13-32-20(29)11-6-12-27-22(30)17-9-4-7-16-8-5-10-18(21(16)17)23(27)31/h4-5,7-10,15H,6,11-13H2,1-3H3,(H,26,28)/t24-/m1/s1. The van der Waals surface area contributed by atoms with Gasteiger partial charge in [0.15, 0.2) is 6.61 Å². The molecule has 1 aliphatic heterocycles. The Kier molecular flexibility index (Phi) is 6.58. The van der Waals surface area contributed by atoms with Gasteiger partial charge in [-0.3, -0.25) is 24.1 Å². The van der Waals surface area contributed by atoms with Crippen LogP contribution in [0.4, 0.5) is 0 Å². The van der Waals surface area contributed by atoms with Gasteiger partial charge in [0.1, 0.15) is 5.54 Å². The number of carbonyl (C=O) groups is 4. The first-order valence-electron chi connectivity index (χ1n) is 10.4. The minimum Gasteiger partial charge on any atom is -0.456 e. The predicted molar refractivity (Wildman–Crippen MR) is 117 cm³/mol. The maximum atomic E-state index is 12.8. The highest BCUT2D eigenvalue weighted by atomic mass is 16.5. The van der Waals surface area contributed by atoms with Gasteiger partial charge in [0, 0.05) is 29.5 Å². The van der Waals surface area contributed by atoms with E-state index in [1.807, 2.05) is 18.2 Å². The van der Waals surface area contributed by atoms with Crippen LogP contribution in [0.15, 0.2) is 36.4 Å². The summed E-state index contributed by atoms with van der Waals surface area (Å²) in [5, 5.41) is 13.3. The Morgan fingerprint density at radius 3 is 2.25 bits per heavy atom. The van der Waals surface area contributed by atoms with Crippen LogP contribution in [0.25, 0.3) is 10.8 Å². The minimum absolute atomic E-state index is 0.0591. The zero-order valence-corrected chi connectivity index (χ0v) is 18.3. The maximum absolute atomic E-state index is 12.8. The molecule has 0 spiro atoms. The third-order valence-electron chi connectivity index (χ3n) is 5.77. The molecule has 0 radical (unpaired) electrons. The van der Waals surface area contributed by atoms with Crippen molar-refractivity contribution in [2.24, 2.45) is 5.92 Å². The second kappa shape index (κ2) is 9.18. The van der Waals surface area contributed by atoms with E-state index in [1.165, 1.54) is 0 Å². The van der Waals surface area contributed by atoms with E-state index in [2.05, 4.69) is 5.32 Å². The number of nitrogens with zero attached hydrogens (tertiary/aromatic N) is 2. The van der Waals surface area contributed by atoms with Gasteiger partial charge in [-0.05, 0) is 36.8 Å². The largest absolute Gasteiger partial charge is 0.456 e. The topological polar surface area (TPSA) is 117 Å². The van der Waals surface area contributed by atoms with Crippen LogP contribution < -0.4 is 5.32 Å². The zero-order valence-electron chi connectivity index (χ0n) is 18.3. The van der Waals surface area contributed by atoms with Crippen LogP contribution in [0.5, 0.6) is 0 Å². The number of amides is 3. The fourth-order valence-corrected chi connectivity index (χ4v) is 3.51. The lowest BCUT2D eigenvalue weighted by atomic mass is 9.90. The van der Waals surface area contributed by atoms with Crippen LogP contribution in [0, 0.1) is 17.2 Å². The number of nitriles is 1. The number of nitrogens with one attached hydrogen (secondary N) is 1. The molecular weight excluding hydrogens is 410 g/mol. The molecule has 0 aliphatic carbocycles. The van der Waals surface area contributed by atoms with Crippen molar-refractivity contribution in [3.8, 4) is 6.07 Å². The monoisotopic (exact) mass is 435 g/mol. The van der Waals surface area contributed by atoms with Gasteiger partial charge < -0.3 is 10.1 Å². The molecule has 0 saturated carbocycles. The second-order valence-electron chi connectivity index (χ2n) is 8.25. The van der Waals surface area contributed by atoms with E-state index in [4.69, 9.17) is 4.74 Å². The van der Waals surface area contributed by atoms with Crippen molar-refractivity contribution in [3.05, 3.63) is 47.5 Å². The van der Waals surface area contributed by atoms with E-state index in [9.17, 15) is 24.4 Å². The van der Waals surface area contributed by atoms with Gasteiger partial charge in [-0.2, -0.15) is 5.26 Å². The predicted octanol–water partition coefficient (Wildman–Crippen LogP) is 2.81. The van der Waals surface area contributed by atoms with Crippen molar-refractivity contribution in [2.45, 2.75) is 39.2 Å². The van der Waals surface area contributed by atoms with Crippen molar-refractivity contribution in [1.82, 2.24) is 10.2 Å². The molecule has 0 fully saturated rings. The molecule has 8 nitrogen and oxygen atoms in total. The van der Waals surface area contributed by atoms with Gasteiger partial charge in [-0.15, -0.1) is 0 Å². The Balaban J connectivity index is 1.53. The van der Waals surface area contributed by atoms with Crippen molar-refractivity contribution in [3.63, 3.8) is 0 Å². The van der Waals surface area contributed by atoms with Crippen molar-refractivity contribution in [2.75, 3.05) is 13.2 Å². The molecule has 1 aliphatic rings. The Hall–Kier alpha value is -3.73. The lowest BCUT2D eigenvalue weighted by Crippen LogP contribution is -2.50. The fourth-order valence-electron chi connectivity index (χ4n) is 3.51. The van der Waals surface area contributed by atoms with Gasteiger partial charge in [-0.1, -0.05) is 38.1 Å².